The lowest BCUT2D eigenvalue weighted by Crippen LogP contribution is -2.13. The van der Waals surface area contributed by atoms with Gasteiger partial charge in [0.15, 0.2) is 0 Å². The van der Waals surface area contributed by atoms with Crippen molar-refractivity contribution in [2.24, 2.45) is 10.1 Å². The van der Waals surface area contributed by atoms with E-state index in [1.54, 1.807) is 30.1 Å². The lowest BCUT2D eigenvalue weighted by molar-refractivity contribution is -0.0498. The molecule has 0 aliphatic heterocycles. The number of methoxy groups -OCH3 is 1. The van der Waals surface area contributed by atoms with Gasteiger partial charge in [-0.15, -0.1) is 11.3 Å². The average Bonchev–Trinajstić information content (AvgIpc) is 3.11. The molecule has 8 heteroatoms. The van der Waals surface area contributed by atoms with Crippen LogP contribution in [0.4, 0.5) is 8.78 Å². The van der Waals surface area contributed by atoms with Gasteiger partial charge in [-0.25, -0.2) is 4.68 Å². The van der Waals surface area contributed by atoms with Crippen molar-refractivity contribution in [3.63, 3.8) is 0 Å². The second-order valence-corrected chi connectivity index (χ2v) is 6.48. The molecule has 1 aromatic heterocycles. The third kappa shape index (κ3) is 5.34. The minimum atomic E-state index is -2.84. The van der Waals surface area contributed by atoms with E-state index in [0.717, 1.165) is 21.6 Å². The first kappa shape index (κ1) is 19.9. The molecule has 0 fully saturated rings. The first-order valence-electron chi connectivity index (χ1n) is 8.52. The molecule has 0 spiro atoms. The van der Waals surface area contributed by atoms with Crippen molar-refractivity contribution in [1.29, 1.82) is 0 Å². The Labute approximate surface area is 165 Å². The Morgan fingerprint density at radius 3 is 2.54 bits per heavy atom. The highest BCUT2D eigenvalue weighted by molar-refractivity contribution is 7.07. The topological polar surface area (TPSA) is 48.1 Å². The zero-order chi connectivity index (χ0) is 19.8. The van der Waals surface area contributed by atoms with Crippen LogP contribution in [0.2, 0.25) is 0 Å². The zero-order valence-corrected chi connectivity index (χ0v) is 16.0. The molecule has 3 rings (SSSR count). The van der Waals surface area contributed by atoms with E-state index in [-0.39, 0.29) is 5.75 Å². The summed E-state index contributed by atoms with van der Waals surface area (Å²) in [6.45, 7) is -1.79. The van der Waals surface area contributed by atoms with E-state index in [2.05, 4.69) is 14.8 Å². The molecule has 0 saturated carbocycles. The fourth-order valence-electron chi connectivity index (χ4n) is 2.42. The van der Waals surface area contributed by atoms with Crippen molar-refractivity contribution in [2.45, 2.75) is 6.61 Å². The molecule has 1 heterocycles. The number of ether oxygens (including phenoxy) is 2. The van der Waals surface area contributed by atoms with Gasteiger partial charge in [0.1, 0.15) is 5.75 Å². The van der Waals surface area contributed by atoms with Crippen LogP contribution in [0.15, 0.2) is 70.1 Å². The Kier molecular flexibility index (Phi) is 7.05. The standard InChI is InChI=1S/C20H19F2N3O2S/c1-26-12-11-23-20-25(18(14-28-20)16-5-3-2-4-6-16)24-13-15-7-9-17(10-8-15)27-19(21)22/h2-10,13-14,19H,11-12H2,1H3/b23-20?,24-13-. The predicted molar refractivity (Wildman–Crippen MR) is 106 cm³/mol. The van der Waals surface area contributed by atoms with Crippen LogP contribution < -0.4 is 9.54 Å². The molecule has 5 nitrogen and oxygen atoms in total. The molecule has 0 bridgehead atoms. The molecule has 0 aliphatic rings. The molecule has 0 unspecified atom stereocenters. The smallest absolute Gasteiger partial charge is 0.387 e. The summed E-state index contributed by atoms with van der Waals surface area (Å²) in [4.78, 5) is 5.28. The van der Waals surface area contributed by atoms with Gasteiger partial charge in [-0.2, -0.15) is 13.9 Å². The normalized spacial score (nSPS) is 12.2. The number of halogens is 2. The van der Waals surface area contributed by atoms with Crippen molar-refractivity contribution < 1.29 is 18.3 Å². The number of benzene rings is 2. The van der Waals surface area contributed by atoms with Crippen LogP contribution in [-0.4, -0.2) is 37.8 Å². The molecule has 28 heavy (non-hydrogen) atoms. The molecule has 0 atom stereocenters. The summed E-state index contributed by atoms with van der Waals surface area (Å²) in [6, 6.07) is 16.2. The number of nitrogens with zero attached hydrogens (tertiary/aromatic N) is 3. The maximum Gasteiger partial charge on any atom is 0.387 e. The lowest BCUT2D eigenvalue weighted by atomic mass is 10.2. The third-order valence-electron chi connectivity index (χ3n) is 3.72. The second-order valence-electron chi connectivity index (χ2n) is 5.65. The van der Waals surface area contributed by atoms with E-state index in [4.69, 9.17) is 4.74 Å². The Morgan fingerprint density at radius 1 is 1.11 bits per heavy atom. The molecule has 0 radical (unpaired) electrons. The van der Waals surface area contributed by atoms with Crippen LogP contribution in [-0.2, 0) is 4.74 Å². The van der Waals surface area contributed by atoms with Crippen LogP contribution in [0.25, 0.3) is 11.3 Å². The van der Waals surface area contributed by atoms with Gasteiger partial charge in [-0.05, 0) is 29.8 Å². The largest absolute Gasteiger partial charge is 0.435 e. The molecule has 146 valence electrons. The summed E-state index contributed by atoms with van der Waals surface area (Å²) >= 11 is 1.49. The second kappa shape index (κ2) is 9.91. The first-order valence-corrected chi connectivity index (χ1v) is 9.40. The fourth-order valence-corrected chi connectivity index (χ4v) is 3.28. The zero-order valence-electron chi connectivity index (χ0n) is 15.2. The molecular weight excluding hydrogens is 384 g/mol. The van der Waals surface area contributed by atoms with Crippen molar-refractivity contribution in [3.8, 4) is 17.0 Å². The van der Waals surface area contributed by atoms with Crippen molar-refractivity contribution >= 4 is 17.6 Å². The summed E-state index contributed by atoms with van der Waals surface area (Å²) in [5, 5.41) is 6.56. The minimum Gasteiger partial charge on any atom is -0.435 e. The summed E-state index contributed by atoms with van der Waals surface area (Å²) in [5.41, 5.74) is 2.68. The Hall–Kier alpha value is -2.84. The highest BCUT2D eigenvalue weighted by atomic mass is 32.1. The van der Waals surface area contributed by atoms with Gasteiger partial charge >= 0.3 is 6.61 Å². The maximum absolute atomic E-state index is 12.3. The maximum atomic E-state index is 12.3. The van der Waals surface area contributed by atoms with E-state index >= 15 is 0 Å². The van der Waals surface area contributed by atoms with Crippen molar-refractivity contribution in [1.82, 2.24) is 4.68 Å². The predicted octanol–water partition coefficient (Wildman–Crippen LogP) is 4.25. The van der Waals surface area contributed by atoms with Crippen LogP contribution in [0.1, 0.15) is 5.56 Å². The van der Waals surface area contributed by atoms with Gasteiger partial charge in [0, 0.05) is 18.1 Å². The van der Waals surface area contributed by atoms with Gasteiger partial charge in [0.05, 0.1) is 25.1 Å². The highest BCUT2D eigenvalue weighted by Gasteiger charge is 2.07. The Bertz CT molecular complexity index is 967. The SMILES string of the molecule is COCCN=c1scc(-c2ccccc2)n1/N=C\c1ccc(OC(F)F)cc1. The van der Waals surface area contributed by atoms with E-state index in [1.165, 1.54) is 23.5 Å². The van der Waals surface area contributed by atoms with Gasteiger partial charge in [0.25, 0.3) is 0 Å². The van der Waals surface area contributed by atoms with Crippen molar-refractivity contribution in [2.75, 3.05) is 20.3 Å². The summed E-state index contributed by atoms with van der Waals surface area (Å²) in [7, 11) is 1.63. The molecule has 0 saturated heterocycles. The highest BCUT2D eigenvalue weighted by Crippen LogP contribution is 2.20. The van der Waals surface area contributed by atoms with Gasteiger partial charge in [0.2, 0.25) is 4.80 Å². The molecule has 3 aromatic rings. The number of aromatic nitrogens is 1. The number of alkyl halides is 2. The number of thiazole rings is 1. The van der Waals surface area contributed by atoms with E-state index in [1.807, 2.05) is 35.7 Å². The van der Waals surface area contributed by atoms with Crippen LogP contribution in [0.3, 0.4) is 0 Å². The van der Waals surface area contributed by atoms with Crippen LogP contribution in [0.5, 0.6) is 5.75 Å². The quantitative estimate of drug-likeness (QED) is 0.417. The molecule has 2 aromatic carbocycles. The number of hydrogen-bond donors (Lipinski definition) is 0. The summed E-state index contributed by atoms with van der Waals surface area (Å²) in [5.74, 6) is 0.107. The first-order chi connectivity index (χ1) is 13.7. The monoisotopic (exact) mass is 403 g/mol. The molecule has 0 amide bonds. The van der Waals surface area contributed by atoms with E-state index in [9.17, 15) is 8.78 Å². The van der Waals surface area contributed by atoms with Gasteiger partial charge in [-0.1, -0.05) is 30.3 Å². The Balaban J connectivity index is 1.91. The van der Waals surface area contributed by atoms with Crippen LogP contribution in [0, 0.1) is 0 Å². The van der Waals surface area contributed by atoms with Gasteiger partial charge < -0.3 is 9.47 Å². The van der Waals surface area contributed by atoms with Crippen molar-refractivity contribution in [3.05, 3.63) is 70.3 Å². The fraction of sp³-hybridized carbons (Fsp3) is 0.200. The minimum absolute atomic E-state index is 0.107. The number of rotatable bonds is 8. The molecular formula is C20H19F2N3O2S. The van der Waals surface area contributed by atoms with Gasteiger partial charge in [-0.3, -0.25) is 4.99 Å². The molecule has 0 N–H and O–H groups in total. The van der Waals surface area contributed by atoms with E-state index < -0.39 is 6.61 Å². The number of hydrogen-bond acceptors (Lipinski definition) is 5. The molecule has 0 aliphatic carbocycles. The Morgan fingerprint density at radius 2 is 1.86 bits per heavy atom. The summed E-state index contributed by atoms with van der Waals surface area (Å²) < 4.78 is 35.7. The summed E-state index contributed by atoms with van der Waals surface area (Å²) in [6.07, 6.45) is 1.65. The van der Waals surface area contributed by atoms with E-state index in [0.29, 0.717) is 13.2 Å². The third-order valence-corrected chi connectivity index (χ3v) is 4.58. The average molecular weight is 403 g/mol. The van der Waals surface area contributed by atoms with Crippen LogP contribution >= 0.6 is 11.3 Å². The lowest BCUT2D eigenvalue weighted by Gasteiger charge is -2.05.